The Morgan fingerprint density at radius 3 is 2.58 bits per heavy atom. The number of nitrogens with zero attached hydrogens (tertiary/aromatic N) is 2. The van der Waals surface area contributed by atoms with E-state index in [2.05, 4.69) is 4.99 Å². The van der Waals surface area contributed by atoms with Crippen LogP contribution in [0, 0.1) is 17.0 Å². The first-order chi connectivity index (χ1) is 12.5. The number of hydrogen-bond donors (Lipinski definition) is 1. The smallest absolute Gasteiger partial charge is 0.270 e. The second-order valence-electron chi connectivity index (χ2n) is 6.40. The number of aliphatic imine (C=N–C) groups is 1. The summed E-state index contributed by atoms with van der Waals surface area (Å²) < 4.78 is 5.36. The van der Waals surface area contributed by atoms with Gasteiger partial charge in [0.25, 0.3) is 5.69 Å². The number of morpholine rings is 1. The normalized spacial score (nSPS) is 15.4. The first-order valence-electron chi connectivity index (χ1n) is 8.53. The number of quaternary nitrogens is 1. The first-order valence-corrected chi connectivity index (χ1v) is 8.53. The summed E-state index contributed by atoms with van der Waals surface area (Å²) in [6.45, 7) is 6.14. The fraction of sp³-hybridized carbons (Fsp3) is 0.316. The Kier molecular flexibility index (Phi) is 5.60. The van der Waals surface area contributed by atoms with E-state index in [-0.39, 0.29) is 17.0 Å². The number of aryl methyl sites for hydroxylation is 1. The quantitative estimate of drug-likeness (QED) is 0.495. The zero-order chi connectivity index (χ0) is 18.5. The van der Waals surface area contributed by atoms with Crippen LogP contribution in [0.1, 0.15) is 16.7 Å². The number of benzene rings is 2. The van der Waals surface area contributed by atoms with Crippen molar-refractivity contribution in [3.05, 3.63) is 63.2 Å². The Morgan fingerprint density at radius 2 is 1.92 bits per heavy atom. The van der Waals surface area contributed by atoms with Gasteiger partial charge in [-0.15, -0.1) is 0 Å². The highest BCUT2D eigenvalue weighted by atomic mass is 16.6. The van der Waals surface area contributed by atoms with Gasteiger partial charge >= 0.3 is 0 Å². The number of hydrogen-bond acceptors (Lipinski definition) is 5. The molecule has 1 aliphatic heterocycles. The van der Waals surface area contributed by atoms with Crippen LogP contribution in [-0.4, -0.2) is 37.4 Å². The SMILES string of the molecule is Cc1cc([N+](=O)[O-])cc(C=Nc2ccc(C[NH+]3CCOCC3)cc2)c1[O-]. The van der Waals surface area contributed by atoms with Gasteiger partial charge in [0.2, 0.25) is 0 Å². The van der Waals surface area contributed by atoms with Gasteiger partial charge in [-0.1, -0.05) is 23.4 Å². The number of non-ortho nitro benzene ring substituents is 1. The minimum Gasteiger partial charge on any atom is -0.872 e. The largest absolute Gasteiger partial charge is 0.872 e. The predicted molar refractivity (Wildman–Crippen MR) is 96.2 cm³/mol. The Morgan fingerprint density at radius 1 is 1.23 bits per heavy atom. The molecule has 0 saturated carbocycles. The maximum Gasteiger partial charge on any atom is 0.270 e. The molecule has 0 bridgehead atoms. The minimum atomic E-state index is -0.507. The summed E-state index contributed by atoms with van der Waals surface area (Å²) in [5.74, 6) is -0.244. The van der Waals surface area contributed by atoms with Crippen molar-refractivity contribution in [1.29, 1.82) is 0 Å². The number of nitro groups is 1. The summed E-state index contributed by atoms with van der Waals surface area (Å²) in [7, 11) is 0. The van der Waals surface area contributed by atoms with Crippen LogP contribution >= 0.6 is 0 Å². The van der Waals surface area contributed by atoms with E-state index in [9.17, 15) is 15.2 Å². The van der Waals surface area contributed by atoms with E-state index in [1.807, 2.05) is 24.3 Å². The van der Waals surface area contributed by atoms with Crippen LogP contribution in [0.5, 0.6) is 5.75 Å². The van der Waals surface area contributed by atoms with Crippen LogP contribution in [0.3, 0.4) is 0 Å². The Hall–Kier alpha value is -2.77. The van der Waals surface area contributed by atoms with Crippen LogP contribution in [-0.2, 0) is 11.3 Å². The molecule has 0 radical (unpaired) electrons. The van der Waals surface area contributed by atoms with E-state index in [4.69, 9.17) is 4.74 Å². The maximum atomic E-state index is 12.1. The molecule has 136 valence electrons. The number of ether oxygens (including phenoxy) is 1. The monoisotopic (exact) mass is 355 g/mol. The van der Waals surface area contributed by atoms with Crippen molar-refractivity contribution < 1.29 is 19.7 Å². The highest BCUT2D eigenvalue weighted by Gasteiger charge is 2.14. The maximum absolute atomic E-state index is 12.1. The molecule has 1 N–H and O–H groups in total. The van der Waals surface area contributed by atoms with Gasteiger partial charge in [0.15, 0.2) is 0 Å². The van der Waals surface area contributed by atoms with Crippen molar-refractivity contribution in [3.63, 3.8) is 0 Å². The molecule has 1 saturated heterocycles. The number of rotatable bonds is 5. The second-order valence-corrected chi connectivity index (χ2v) is 6.40. The third-order valence-corrected chi connectivity index (χ3v) is 4.44. The van der Waals surface area contributed by atoms with Crippen molar-refractivity contribution in [2.75, 3.05) is 26.3 Å². The van der Waals surface area contributed by atoms with E-state index >= 15 is 0 Å². The van der Waals surface area contributed by atoms with Crippen molar-refractivity contribution in [1.82, 2.24) is 0 Å². The van der Waals surface area contributed by atoms with Crippen molar-refractivity contribution in [2.24, 2.45) is 4.99 Å². The highest BCUT2D eigenvalue weighted by molar-refractivity contribution is 5.86. The van der Waals surface area contributed by atoms with E-state index in [1.165, 1.54) is 28.8 Å². The van der Waals surface area contributed by atoms with Gasteiger partial charge in [-0.05, 0) is 24.6 Å². The van der Waals surface area contributed by atoms with Gasteiger partial charge in [-0.25, -0.2) is 0 Å². The molecule has 1 aliphatic rings. The number of nitrogens with one attached hydrogen (secondary N) is 1. The zero-order valence-corrected chi connectivity index (χ0v) is 14.6. The summed E-state index contributed by atoms with van der Waals surface area (Å²) in [4.78, 5) is 16.2. The minimum absolute atomic E-state index is 0.104. The molecular formula is C19H21N3O4. The lowest BCUT2D eigenvalue weighted by atomic mass is 10.1. The molecule has 2 aromatic rings. The molecule has 1 heterocycles. The molecule has 0 amide bonds. The third kappa shape index (κ3) is 4.44. The molecule has 3 rings (SSSR count). The van der Waals surface area contributed by atoms with Crippen molar-refractivity contribution >= 4 is 17.6 Å². The van der Waals surface area contributed by atoms with Crippen LogP contribution in [0.15, 0.2) is 41.4 Å². The van der Waals surface area contributed by atoms with E-state index in [0.717, 1.165) is 32.8 Å². The molecule has 1 fully saturated rings. The average molecular weight is 355 g/mol. The lowest BCUT2D eigenvalue weighted by Gasteiger charge is -2.23. The van der Waals surface area contributed by atoms with Gasteiger partial charge in [-0.3, -0.25) is 15.1 Å². The standard InChI is InChI=1S/C19H21N3O4/c1-14-10-18(22(24)25)11-16(19(14)23)12-20-17-4-2-15(3-5-17)13-21-6-8-26-9-7-21/h2-5,10-12,23H,6-9,13H2,1H3. The number of nitro benzene ring substituents is 1. The van der Waals surface area contributed by atoms with Gasteiger partial charge in [0.1, 0.15) is 19.6 Å². The average Bonchev–Trinajstić information content (AvgIpc) is 2.64. The molecule has 0 spiro atoms. The molecule has 7 heteroatoms. The summed E-state index contributed by atoms with van der Waals surface area (Å²) in [6, 6.07) is 10.4. The van der Waals surface area contributed by atoms with E-state index < -0.39 is 4.92 Å². The fourth-order valence-electron chi connectivity index (χ4n) is 2.95. The summed E-state index contributed by atoms with van der Waals surface area (Å²) >= 11 is 0. The first kappa shape index (κ1) is 18.0. The van der Waals surface area contributed by atoms with Crippen LogP contribution in [0.4, 0.5) is 11.4 Å². The Labute approximate surface area is 151 Å². The molecule has 0 atom stereocenters. The van der Waals surface area contributed by atoms with E-state index in [1.54, 1.807) is 6.92 Å². The summed E-state index contributed by atoms with van der Waals surface area (Å²) in [5.41, 5.74) is 2.38. The third-order valence-electron chi connectivity index (χ3n) is 4.44. The molecule has 2 aromatic carbocycles. The summed E-state index contributed by atoms with van der Waals surface area (Å²) in [6.07, 6.45) is 1.39. The van der Waals surface area contributed by atoms with Crippen LogP contribution < -0.4 is 10.0 Å². The van der Waals surface area contributed by atoms with Crippen LogP contribution in [0.25, 0.3) is 0 Å². The molecule has 26 heavy (non-hydrogen) atoms. The molecule has 0 aromatic heterocycles. The molecule has 0 unspecified atom stereocenters. The van der Waals surface area contributed by atoms with Crippen molar-refractivity contribution in [2.45, 2.75) is 13.5 Å². The highest BCUT2D eigenvalue weighted by Crippen LogP contribution is 2.25. The Bertz CT molecular complexity index is 812. The topological polar surface area (TPSA) is 92.2 Å². The van der Waals surface area contributed by atoms with Crippen LogP contribution in [0.2, 0.25) is 0 Å². The lowest BCUT2D eigenvalue weighted by molar-refractivity contribution is -0.921. The Balaban J connectivity index is 1.71. The molecule has 0 aliphatic carbocycles. The zero-order valence-electron chi connectivity index (χ0n) is 14.6. The van der Waals surface area contributed by atoms with Gasteiger partial charge < -0.3 is 14.7 Å². The lowest BCUT2D eigenvalue weighted by Crippen LogP contribution is -3.12. The second kappa shape index (κ2) is 8.07. The molecular weight excluding hydrogens is 334 g/mol. The van der Waals surface area contributed by atoms with E-state index in [0.29, 0.717) is 11.3 Å². The van der Waals surface area contributed by atoms with Gasteiger partial charge in [-0.2, -0.15) is 0 Å². The predicted octanol–water partition coefficient (Wildman–Crippen LogP) is 1.14. The van der Waals surface area contributed by atoms with Crippen molar-refractivity contribution in [3.8, 4) is 5.75 Å². The molecule has 7 nitrogen and oxygen atoms in total. The van der Waals surface area contributed by atoms with Gasteiger partial charge in [0.05, 0.1) is 23.8 Å². The van der Waals surface area contributed by atoms with Gasteiger partial charge in [0, 0.05) is 23.9 Å². The summed E-state index contributed by atoms with van der Waals surface area (Å²) in [5, 5.41) is 23.1. The fourth-order valence-corrected chi connectivity index (χ4v) is 2.95.